The maximum Gasteiger partial charge on any atom is 0.507 e. The Balaban J connectivity index is 2.83. The molecule has 1 aromatic heterocycles. The Bertz CT molecular complexity index is 231. The van der Waals surface area contributed by atoms with E-state index in [0.717, 1.165) is 16.0 Å². The Morgan fingerprint density at radius 2 is 2.55 bits per heavy atom. The van der Waals surface area contributed by atoms with Gasteiger partial charge in [-0.2, -0.15) is 0 Å². The molecule has 1 aromatic rings. The van der Waals surface area contributed by atoms with E-state index in [1.807, 2.05) is 12.1 Å². The van der Waals surface area contributed by atoms with Crippen molar-refractivity contribution < 1.29 is 4.74 Å². The third kappa shape index (κ3) is 2.50. The summed E-state index contributed by atoms with van der Waals surface area (Å²) in [5.74, 6) is 0.848. The van der Waals surface area contributed by atoms with Gasteiger partial charge in [-0.25, -0.2) is 0 Å². The number of ether oxygens (including phenoxy) is 1. The lowest BCUT2D eigenvalue weighted by molar-refractivity contribution is 0.408. The van der Waals surface area contributed by atoms with Crippen LogP contribution in [0.4, 0.5) is 0 Å². The van der Waals surface area contributed by atoms with Gasteiger partial charge in [0.25, 0.3) is 0 Å². The van der Waals surface area contributed by atoms with Crippen LogP contribution < -0.4 is 4.74 Å². The molecular weight excluding hydrogens is 174 g/mol. The lowest BCUT2D eigenvalue weighted by atomic mass is 10.3. The maximum atomic E-state index is 5.71. The van der Waals surface area contributed by atoms with Gasteiger partial charge >= 0.3 is 19.3 Å². The average molecular weight is 182 g/mol. The van der Waals surface area contributed by atoms with Gasteiger partial charge in [-0.05, 0) is 12.1 Å². The highest BCUT2D eigenvalue weighted by atomic mass is 35.5. The van der Waals surface area contributed by atoms with Gasteiger partial charge in [0.15, 0.2) is 0 Å². The lowest BCUT2D eigenvalue weighted by Crippen LogP contribution is -1.97. The molecule has 0 N–H and O–H groups in total. The average Bonchev–Trinajstić information content (AvgIpc) is 2.06. The predicted octanol–water partition coefficient (Wildman–Crippen LogP) is 1.45. The first kappa shape index (κ1) is 9.10. The molecule has 0 aliphatic rings. The number of rotatable bonds is 3. The topological polar surface area (TPSA) is 22.1 Å². The maximum absolute atomic E-state index is 5.71. The van der Waals surface area contributed by atoms with Gasteiger partial charge in [-0.3, -0.25) is 4.98 Å². The zero-order valence-electron chi connectivity index (χ0n) is 6.38. The lowest BCUT2D eigenvalue weighted by Gasteiger charge is -2.03. The quantitative estimate of drug-likeness (QED) is 0.659. The van der Waals surface area contributed by atoms with Crippen molar-refractivity contribution in [2.75, 3.05) is 7.11 Å². The second-order valence-electron chi connectivity index (χ2n) is 2.09. The summed E-state index contributed by atoms with van der Waals surface area (Å²) in [4.78, 5) is 4.16. The molecule has 0 aromatic carbocycles. The Kier molecular flexibility index (Phi) is 3.97. The van der Waals surface area contributed by atoms with Crippen molar-refractivity contribution in [2.45, 2.75) is 4.55 Å². The minimum Gasteiger partial charge on any atom is -0.495 e. The van der Waals surface area contributed by atoms with E-state index in [1.165, 1.54) is 0 Å². The smallest absolute Gasteiger partial charge is 0.495 e. The molecular formula is C7H8ClMgNO. The van der Waals surface area contributed by atoms with Gasteiger partial charge in [-0.1, -0.05) is 4.55 Å². The van der Waals surface area contributed by atoms with E-state index in [2.05, 4.69) is 4.98 Å². The van der Waals surface area contributed by atoms with Gasteiger partial charge in [0, 0.05) is 6.20 Å². The fraction of sp³-hybridized carbons (Fsp3) is 0.286. The van der Waals surface area contributed by atoms with E-state index in [0.29, 0.717) is 0 Å². The van der Waals surface area contributed by atoms with Crippen LogP contribution >= 0.6 is 9.07 Å². The Hall–Kier alpha value is 0.00623. The minimum atomic E-state index is -0.485. The van der Waals surface area contributed by atoms with Crippen molar-refractivity contribution in [1.29, 1.82) is 0 Å². The molecule has 0 spiro atoms. The summed E-state index contributed by atoms with van der Waals surface area (Å²) in [7, 11) is 7.36. The van der Waals surface area contributed by atoms with Crippen LogP contribution in [0.5, 0.6) is 5.75 Å². The fourth-order valence-electron chi connectivity index (χ4n) is 0.886. The fourth-order valence-corrected chi connectivity index (χ4v) is 1.98. The summed E-state index contributed by atoms with van der Waals surface area (Å²) < 4.78 is 5.99. The summed E-state index contributed by atoms with van der Waals surface area (Å²) in [5.41, 5.74) is 0.983. The number of hydrogen-bond acceptors (Lipinski definition) is 2. The third-order valence-electron chi connectivity index (χ3n) is 1.40. The van der Waals surface area contributed by atoms with E-state index in [1.54, 1.807) is 13.3 Å². The van der Waals surface area contributed by atoms with Crippen LogP contribution in [0.2, 0.25) is 0 Å². The number of halogens is 1. The minimum absolute atomic E-state index is 0.485. The highest BCUT2D eigenvalue weighted by Gasteiger charge is 2.02. The van der Waals surface area contributed by atoms with Crippen molar-refractivity contribution in [3.8, 4) is 5.75 Å². The molecule has 1 heterocycles. The van der Waals surface area contributed by atoms with Crippen LogP contribution in [-0.2, 0) is 4.55 Å². The van der Waals surface area contributed by atoms with Crippen molar-refractivity contribution in [1.82, 2.24) is 4.98 Å². The van der Waals surface area contributed by atoms with Crippen molar-refractivity contribution >= 4 is 28.3 Å². The molecule has 1 rings (SSSR count). The zero-order chi connectivity index (χ0) is 8.10. The molecule has 0 amide bonds. The molecule has 0 saturated heterocycles. The van der Waals surface area contributed by atoms with E-state index in [4.69, 9.17) is 13.8 Å². The Morgan fingerprint density at radius 1 is 1.73 bits per heavy atom. The molecule has 11 heavy (non-hydrogen) atoms. The summed E-state index contributed by atoms with van der Waals surface area (Å²) in [5, 5.41) is 0. The van der Waals surface area contributed by atoms with Crippen LogP contribution in [0.15, 0.2) is 18.3 Å². The standard InChI is InChI=1S/C7H8NO.ClH.Mg/c1-6-7(9-2)4-3-5-8-6;;/h3-5H,1H2,2H3;1H;/q;;+1/p-1. The monoisotopic (exact) mass is 181 g/mol. The van der Waals surface area contributed by atoms with Crippen molar-refractivity contribution in [3.63, 3.8) is 0 Å². The van der Waals surface area contributed by atoms with E-state index < -0.39 is 19.3 Å². The van der Waals surface area contributed by atoms with Crippen molar-refractivity contribution in [2.24, 2.45) is 0 Å². The molecule has 0 radical (unpaired) electrons. The van der Waals surface area contributed by atoms with E-state index >= 15 is 0 Å². The SMILES string of the molecule is COc1cccnc1[CH2][Mg][Cl]. The van der Waals surface area contributed by atoms with Gasteiger partial charge in [-0.15, -0.1) is 0 Å². The molecule has 2 nitrogen and oxygen atoms in total. The van der Waals surface area contributed by atoms with E-state index in [9.17, 15) is 0 Å². The normalized spacial score (nSPS) is 8.91. The highest BCUT2D eigenvalue weighted by Crippen LogP contribution is 2.14. The van der Waals surface area contributed by atoms with Crippen LogP contribution in [-0.4, -0.2) is 31.4 Å². The second-order valence-corrected chi connectivity index (χ2v) is 4.10. The summed E-state index contributed by atoms with van der Waals surface area (Å²) >= 11 is -0.485. The summed E-state index contributed by atoms with van der Waals surface area (Å²) in [6, 6.07) is 3.77. The highest BCUT2D eigenvalue weighted by molar-refractivity contribution is 6.93. The first-order valence-corrected chi connectivity index (χ1v) is 6.56. The number of aromatic nitrogens is 1. The first-order chi connectivity index (χ1) is 5.38. The van der Waals surface area contributed by atoms with Crippen molar-refractivity contribution in [3.05, 3.63) is 24.0 Å². The number of pyridine rings is 1. The molecule has 0 aliphatic carbocycles. The molecule has 0 atom stereocenters. The molecule has 0 bridgehead atoms. The molecule has 4 heteroatoms. The van der Waals surface area contributed by atoms with Gasteiger partial charge in [0.1, 0.15) is 5.75 Å². The first-order valence-electron chi connectivity index (χ1n) is 3.42. The molecule has 0 unspecified atom stereocenters. The molecule has 0 fully saturated rings. The van der Waals surface area contributed by atoms with Gasteiger partial charge < -0.3 is 13.8 Å². The van der Waals surface area contributed by atoms with Gasteiger partial charge in [0.05, 0.1) is 12.8 Å². The van der Waals surface area contributed by atoms with Crippen LogP contribution in [0.25, 0.3) is 0 Å². The van der Waals surface area contributed by atoms with E-state index in [-0.39, 0.29) is 0 Å². The molecule has 56 valence electrons. The Labute approximate surface area is 79.4 Å². The summed E-state index contributed by atoms with van der Waals surface area (Å²) in [6.07, 6.45) is 1.76. The van der Waals surface area contributed by atoms with Crippen LogP contribution in [0, 0.1) is 0 Å². The molecule has 0 aliphatic heterocycles. The predicted molar refractivity (Wildman–Crippen MR) is 46.1 cm³/mol. The zero-order valence-corrected chi connectivity index (χ0v) is 8.55. The number of methoxy groups -OCH3 is 1. The van der Waals surface area contributed by atoms with Crippen LogP contribution in [0.1, 0.15) is 5.69 Å². The Morgan fingerprint density at radius 3 is 3.18 bits per heavy atom. The number of nitrogens with zero attached hydrogens (tertiary/aromatic N) is 1. The summed E-state index contributed by atoms with van der Waals surface area (Å²) in [6.45, 7) is 0. The van der Waals surface area contributed by atoms with Gasteiger partial charge in [0.2, 0.25) is 0 Å². The van der Waals surface area contributed by atoms with Crippen LogP contribution in [0.3, 0.4) is 0 Å². The second kappa shape index (κ2) is 4.80. The largest absolute Gasteiger partial charge is 0.507 e. The third-order valence-corrected chi connectivity index (χ3v) is 2.63. The number of hydrogen-bond donors (Lipinski definition) is 0. The molecule has 0 saturated carbocycles.